The summed E-state index contributed by atoms with van der Waals surface area (Å²) in [5.41, 5.74) is 0. The SMILES string of the molecule is CCOC(=O)C[C@@H]1NC(=O)CNC1=O. The van der Waals surface area contributed by atoms with Crippen LogP contribution in [0, 0.1) is 0 Å². The van der Waals surface area contributed by atoms with Crippen molar-refractivity contribution in [3.63, 3.8) is 0 Å². The molecule has 0 radical (unpaired) electrons. The number of nitrogens with one attached hydrogen (secondary N) is 2. The summed E-state index contributed by atoms with van der Waals surface area (Å²) >= 11 is 0. The van der Waals surface area contributed by atoms with E-state index in [9.17, 15) is 14.4 Å². The second-order valence-electron chi connectivity index (χ2n) is 2.85. The first-order valence-electron chi connectivity index (χ1n) is 4.36. The molecule has 1 aliphatic heterocycles. The highest BCUT2D eigenvalue weighted by Gasteiger charge is 2.28. The molecule has 0 unspecified atom stereocenters. The van der Waals surface area contributed by atoms with E-state index in [1.807, 2.05) is 0 Å². The molecule has 0 aromatic heterocycles. The van der Waals surface area contributed by atoms with Gasteiger partial charge in [-0.1, -0.05) is 0 Å². The van der Waals surface area contributed by atoms with Crippen molar-refractivity contribution in [1.29, 1.82) is 0 Å². The van der Waals surface area contributed by atoms with Crippen molar-refractivity contribution in [3.05, 3.63) is 0 Å². The van der Waals surface area contributed by atoms with Gasteiger partial charge in [0.1, 0.15) is 6.04 Å². The predicted octanol–water partition coefficient (Wildman–Crippen LogP) is -1.45. The number of carbonyl (C=O) groups is 3. The highest BCUT2D eigenvalue weighted by Crippen LogP contribution is 1.98. The van der Waals surface area contributed by atoms with Crippen LogP contribution >= 0.6 is 0 Å². The third kappa shape index (κ3) is 2.72. The molecule has 0 saturated carbocycles. The molecule has 1 heterocycles. The van der Waals surface area contributed by atoms with Crippen LogP contribution < -0.4 is 10.6 Å². The van der Waals surface area contributed by atoms with Crippen LogP contribution in [-0.2, 0) is 19.1 Å². The number of amides is 2. The Morgan fingerprint density at radius 2 is 2.29 bits per heavy atom. The second kappa shape index (κ2) is 4.59. The summed E-state index contributed by atoms with van der Waals surface area (Å²) in [7, 11) is 0. The number of ether oxygens (including phenoxy) is 1. The average Bonchev–Trinajstić information content (AvgIpc) is 2.12. The zero-order chi connectivity index (χ0) is 10.6. The van der Waals surface area contributed by atoms with E-state index in [0.717, 1.165) is 0 Å². The predicted molar refractivity (Wildman–Crippen MR) is 46.2 cm³/mol. The van der Waals surface area contributed by atoms with Gasteiger partial charge in [-0.2, -0.15) is 0 Å². The molecule has 1 atom stereocenters. The van der Waals surface area contributed by atoms with Crippen molar-refractivity contribution in [2.24, 2.45) is 0 Å². The smallest absolute Gasteiger partial charge is 0.308 e. The van der Waals surface area contributed by atoms with Crippen LogP contribution in [0.5, 0.6) is 0 Å². The van der Waals surface area contributed by atoms with Crippen molar-refractivity contribution < 1.29 is 19.1 Å². The van der Waals surface area contributed by atoms with E-state index in [2.05, 4.69) is 15.4 Å². The van der Waals surface area contributed by atoms with Crippen molar-refractivity contribution in [2.45, 2.75) is 19.4 Å². The van der Waals surface area contributed by atoms with E-state index < -0.39 is 12.0 Å². The summed E-state index contributed by atoms with van der Waals surface area (Å²) in [5.74, 6) is -1.13. The molecule has 1 saturated heterocycles. The first kappa shape index (κ1) is 10.5. The largest absolute Gasteiger partial charge is 0.466 e. The summed E-state index contributed by atoms with van der Waals surface area (Å²) in [6, 6.07) is -0.796. The molecule has 1 fully saturated rings. The number of esters is 1. The molecule has 0 aromatic rings. The van der Waals surface area contributed by atoms with Crippen LogP contribution in [0.3, 0.4) is 0 Å². The Kier molecular flexibility index (Phi) is 3.44. The number of carbonyl (C=O) groups excluding carboxylic acids is 3. The van der Waals surface area contributed by atoms with Crippen LogP contribution in [0.1, 0.15) is 13.3 Å². The third-order valence-electron chi connectivity index (χ3n) is 1.75. The number of hydrogen-bond donors (Lipinski definition) is 2. The van der Waals surface area contributed by atoms with Crippen LogP contribution in [0.15, 0.2) is 0 Å². The van der Waals surface area contributed by atoms with Gasteiger partial charge in [0.2, 0.25) is 11.8 Å². The summed E-state index contributed by atoms with van der Waals surface area (Å²) in [6.07, 6.45) is -0.120. The van der Waals surface area contributed by atoms with Gasteiger partial charge in [-0.15, -0.1) is 0 Å². The molecule has 78 valence electrons. The van der Waals surface area contributed by atoms with E-state index >= 15 is 0 Å². The molecular weight excluding hydrogens is 188 g/mol. The molecule has 1 aliphatic rings. The number of piperazine rings is 1. The maximum absolute atomic E-state index is 11.1. The Bertz CT molecular complexity index is 264. The summed E-state index contributed by atoms with van der Waals surface area (Å²) in [6.45, 7) is 1.91. The van der Waals surface area contributed by atoms with Gasteiger partial charge in [0.15, 0.2) is 0 Å². The fourth-order valence-electron chi connectivity index (χ4n) is 1.13. The summed E-state index contributed by atoms with van der Waals surface area (Å²) < 4.78 is 4.66. The maximum Gasteiger partial charge on any atom is 0.308 e. The number of hydrogen-bond acceptors (Lipinski definition) is 4. The van der Waals surface area contributed by atoms with Crippen LogP contribution in [0.25, 0.3) is 0 Å². The molecule has 2 amide bonds. The molecule has 0 aromatic carbocycles. The highest BCUT2D eigenvalue weighted by atomic mass is 16.5. The highest BCUT2D eigenvalue weighted by molar-refractivity contribution is 5.96. The topological polar surface area (TPSA) is 84.5 Å². The maximum atomic E-state index is 11.1. The van der Waals surface area contributed by atoms with Crippen molar-refractivity contribution in [3.8, 4) is 0 Å². The fraction of sp³-hybridized carbons (Fsp3) is 0.625. The first-order valence-corrected chi connectivity index (χ1v) is 4.36. The van der Waals surface area contributed by atoms with E-state index in [0.29, 0.717) is 0 Å². The van der Waals surface area contributed by atoms with Crippen molar-refractivity contribution in [2.75, 3.05) is 13.2 Å². The van der Waals surface area contributed by atoms with Crippen LogP contribution in [0.4, 0.5) is 0 Å². The zero-order valence-corrected chi connectivity index (χ0v) is 7.83. The molecule has 2 N–H and O–H groups in total. The van der Waals surface area contributed by atoms with E-state index in [1.54, 1.807) is 6.92 Å². The van der Waals surface area contributed by atoms with E-state index in [-0.39, 0.29) is 31.4 Å². The van der Waals surface area contributed by atoms with Gasteiger partial charge in [0.25, 0.3) is 0 Å². The molecule has 6 nitrogen and oxygen atoms in total. The Morgan fingerprint density at radius 1 is 1.57 bits per heavy atom. The lowest BCUT2D eigenvalue weighted by Crippen LogP contribution is -2.56. The summed E-state index contributed by atoms with van der Waals surface area (Å²) in [5, 5.41) is 4.77. The molecular formula is C8H12N2O4. The minimum absolute atomic E-state index is 0.0296. The van der Waals surface area contributed by atoms with Crippen LogP contribution in [-0.4, -0.2) is 37.0 Å². The molecule has 6 heteroatoms. The normalized spacial score (nSPS) is 21.1. The first-order chi connectivity index (χ1) is 6.63. The minimum atomic E-state index is -0.796. The Labute approximate surface area is 81.0 Å². The Morgan fingerprint density at radius 3 is 2.93 bits per heavy atom. The lowest BCUT2D eigenvalue weighted by molar-refractivity contribution is -0.146. The molecule has 14 heavy (non-hydrogen) atoms. The van der Waals surface area contributed by atoms with E-state index in [4.69, 9.17) is 0 Å². The zero-order valence-electron chi connectivity index (χ0n) is 7.83. The summed E-state index contributed by atoms with van der Waals surface area (Å²) in [4.78, 5) is 33.0. The van der Waals surface area contributed by atoms with Crippen molar-refractivity contribution in [1.82, 2.24) is 10.6 Å². The van der Waals surface area contributed by atoms with Gasteiger partial charge in [-0.25, -0.2) is 0 Å². The van der Waals surface area contributed by atoms with Crippen LogP contribution in [0.2, 0.25) is 0 Å². The lowest BCUT2D eigenvalue weighted by atomic mass is 10.1. The van der Waals surface area contributed by atoms with Crippen molar-refractivity contribution >= 4 is 17.8 Å². The van der Waals surface area contributed by atoms with Gasteiger partial charge in [0.05, 0.1) is 19.6 Å². The van der Waals surface area contributed by atoms with Gasteiger partial charge in [-0.3, -0.25) is 14.4 Å². The lowest BCUT2D eigenvalue weighted by Gasteiger charge is -2.22. The van der Waals surface area contributed by atoms with Gasteiger partial charge < -0.3 is 15.4 Å². The average molecular weight is 200 g/mol. The minimum Gasteiger partial charge on any atom is -0.466 e. The molecule has 1 rings (SSSR count). The monoisotopic (exact) mass is 200 g/mol. The molecule has 0 bridgehead atoms. The second-order valence-corrected chi connectivity index (χ2v) is 2.85. The quantitative estimate of drug-likeness (QED) is 0.546. The standard InChI is InChI=1S/C8H12N2O4/c1-2-14-7(12)3-5-8(13)9-4-6(11)10-5/h5H,2-4H2,1H3,(H,9,13)(H,10,11)/t5-/m0/s1. The fourth-order valence-corrected chi connectivity index (χ4v) is 1.13. The molecule has 0 aliphatic carbocycles. The van der Waals surface area contributed by atoms with Gasteiger partial charge in [-0.05, 0) is 6.92 Å². The number of rotatable bonds is 3. The molecule has 0 spiro atoms. The van der Waals surface area contributed by atoms with E-state index in [1.165, 1.54) is 0 Å². The van der Waals surface area contributed by atoms with Gasteiger partial charge in [0, 0.05) is 0 Å². The van der Waals surface area contributed by atoms with Gasteiger partial charge >= 0.3 is 5.97 Å². The third-order valence-corrected chi connectivity index (χ3v) is 1.75. The Balaban J connectivity index is 2.45. The Hall–Kier alpha value is -1.59.